The highest BCUT2D eigenvalue weighted by molar-refractivity contribution is 5.94. The second-order valence-corrected chi connectivity index (χ2v) is 5.06. The number of nitrogens with zero attached hydrogens (tertiary/aromatic N) is 1. The summed E-state index contributed by atoms with van der Waals surface area (Å²) in [5.41, 5.74) is 0.734. The van der Waals surface area contributed by atoms with Crippen molar-refractivity contribution in [3.8, 4) is 0 Å². The Labute approximate surface area is 112 Å². The van der Waals surface area contributed by atoms with Crippen LogP contribution in [0.2, 0.25) is 0 Å². The smallest absolute Gasteiger partial charge is 0.259 e. The van der Waals surface area contributed by atoms with E-state index >= 15 is 0 Å². The SMILES string of the molecule is CCC1COC(C)CN1C(=O)c1c[nH]c(C)cc1=O. The minimum absolute atomic E-state index is 0.0104. The summed E-state index contributed by atoms with van der Waals surface area (Å²) in [6.07, 6.45) is 2.34. The van der Waals surface area contributed by atoms with Crippen molar-refractivity contribution in [2.24, 2.45) is 0 Å². The van der Waals surface area contributed by atoms with E-state index in [1.807, 2.05) is 13.8 Å². The fraction of sp³-hybridized carbons (Fsp3) is 0.571. The quantitative estimate of drug-likeness (QED) is 0.876. The molecule has 2 heterocycles. The Morgan fingerprint density at radius 1 is 1.58 bits per heavy atom. The zero-order valence-electron chi connectivity index (χ0n) is 11.6. The summed E-state index contributed by atoms with van der Waals surface area (Å²) in [5.74, 6) is -0.205. The summed E-state index contributed by atoms with van der Waals surface area (Å²) in [6, 6.07) is 1.50. The van der Waals surface area contributed by atoms with Crippen molar-refractivity contribution >= 4 is 5.91 Å². The van der Waals surface area contributed by atoms with Gasteiger partial charge in [0.15, 0.2) is 5.43 Å². The molecule has 5 heteroatoms. The van der Waals surface area contributed by atoms with Gasteiger partial charge >= 0.3 is 0 Å². The molecule has 0 aromatic carbocycles. The molecule has 0 aliphatic carbocycles. The Hall–Kier alpha value is -1.62. The van der Waals surface area contributed by atoms with E-state index in [2.05, 4.69) is 4.98 Å². The third-order valence-electron chi connectivity index (χ3n) is 3.49. The molecule has 0 saturated carbocycles. The minimum Gasteiger partial charge on any atom is -0.375 e. The van der Waals surface area contributed by atoms with Crippen molar-refractivity contribution in [2.75, 3.05) is 13.2 Å². The highest BCUT2D eigenvalue weighted by Crippen LogP contribution is 2.16. The second kappa shape index (κ2) is 5.57. The fourth-order valence-corrected chi connectivity index (χ4v) is 2.33. The number of carbonyl (C=O) groups is 1. The molecule has 2 unspecified atom stereocenters. The zero-order valence-corrected chi connectivity index (χ0v) is 11.6. The largest absolute Gasteiger partial charge is 0.375 e. The van der Waals surface area contributed by atoms with Gasteiger partial charge in [0.1, 0.15) is 5.56 Å². The first-order valence-corrected chi connectivity index (χ1v) is 6.64. The number of hydrogen-bond acceptors (Lipinski definition) is 3. The third-order valence-corrected chi connectivity index (χ3v) is 3.49. The van der Waals surface area contributed by atoms with Crippen molar-refractivity contribution in [1.29, 1.82) is 0 Å². The van der Waals surface area contributed by atoms with Gasteiger partial charge in [0.2, 0.25) is 0 Å². The van der Waals surface area contributed by atoms with Crippen molar-refractivity contribution in [3.05, 3.63) is 33.7 Å². The zero-order chi connectivity index (χ0) is 14.0. The van der Waals surface area contributed by atoms with Gasteiger partial charge in [0.25, 0.3) is 5.91 Å². The number of morpholine rings is 1. The molecule has 1 aromatic heterocycles. The molecule has 1 fully saturated rings. The fourth-order valence-electron chi connectivity index (χ4n) is 2.33. The molecule has 0 radical (unpaired) electrons. The highest BCUT2D eigenvalue weighted by atomic mass is 16.5. The topological polar surface area (TPSA) is 62.4 Å². The number of amides is 1. The number of rotatable bonds is 2. The average molecular weight is 264 g/mol. The lowest BCUT2D eigenvalue weighted by Crippen LogP contribution is -2.52. The van der Waals surface area contributed by atoms with Crippen LogP contribution in [0.1, 0.15) is 36.3 Å². The number of aromatic amines is 1. The van der Waals surface area contributed by atoms with Crippen LogP contribution in [0.3, 0.4) is 0 Å². The van der Waals surface area contributed by atoms with E-state index < -0.39 is 0 Å². The first-order chi connectivity index (χ1) is 9.02. The number of pyridine rings is 1. The predicted molar refractivity (Wildman–Crippen MR) is 72.3 cm³/mol. The molecule has 5 nitrogen and oxygen atoms in total. The summed E-state index contributed by atoms with van der Waals surface area (Å²) in [6.45, 7) is 6.81. The molecule has 1 aliphatic rings. The number of aryl methyl sites for hydroxylation is 1. The van der Waals surface area contributed by atoms with Gasteiger partial charge in [-0.3, -0.25) is 9.59 Å². The predicted octanol–water partition coefficient (Wildman–Crippen LogP) is 1.32. The molecular formula is C14H20N2O3. The number of H-pyrrole nitrogens is 1. The van der Waals surface area contributed by atoms with E-state index in [1.54, 1.807) is 11.8 Å². The van der Waals surface area contributed by atoms with Gasteiger partial charge in [-0.25, -0.2) is 0 Å². The summed E-state index contributed by atoms with van der Waals surface area (Å²) in [4.78, 5) is 29.1. The molecule has 1 amide bonds. The van der Waals surface area contributed by atoms with Gasteiger partial charge in [-0.15, -0.1) is 0 Å². The molecule has 1 N–H and O–H groups in total. The molecule has 1 aromatic rings. The van der Waals surface area contributed by atoms with Crippen LogP contribution in [0.15, 0.2) is 17.1 Å². The van der Waals surface area contributed by atoms with Crippen molar-refractivity contribution in [3.63, 3.8) is 0 Å². The lowest BCUT2D eigenvalue weighted by atomic mass is 10.1. The molecular weight excluding hydrogens is 244 g/mol. The van der Waals surface area contributed by atoms with E-state index in [0.29, 0.717) is 13.2 Å². The third kappa shape index (κ3) is 2.87. The van der Waals surface area contributed by atoms with Crippen LogP contribution in [-0.2, 0) is 4.74 Å². The van der Waals surface area contributed by atoms with E-state index in [1.165, 1.54) is 12.3 Å². The van der Waals surface area contributed by atoms with Crippen LogP contribution in [-0.4, -0.2) is 41.1 Å². The van der Waals surface area contributed by atoms with E-state index in [9.17, 15) is 9.59 Å². The van der Waals surface area contributed by atoms with E-state index in [4.69, 9.17) is 4.74 Å². The van der Waals surface area contributed by atoms with Crippen LogP contribution >= 0.6 is 0 Å². The molecule has 1 saturated heterocycles. The normalized spacial score (nSPS) is 23.4. The Kier molecular flexibility index (Phi) is 4.04. The van der Waals surface area contributed by atoms with Gasteiger partial charge < -0.3 is 14.6 Å². The molecule has 1 aliphatic heterocycles. The highest BCUT2D eigenvalue weighted by Gasteiger charge is 2.30. The lowest BCUT2D eigenvalue weighted by Gasteiger charge is -2.38. The average Bonchev–Trinajstić information content (AvgIpc) is 2.38. The van der Waals surface area contributed by atoms with Crippen LogP contribution in [0.25, 0.3) is 0 Å². The van der Waals surface area contributed by atoms with Gasteiger partial charge in [-0.05, 0) is 20.3 Å². The minimum atomic E-state index is -0.227. The van der Waals surface area contributed by atoms with Gasteiger partial charge in [0, 0.05) is 24.5 Å². The lowest BCUT2D eigenvalue weighted by molar-refractivity contribution is -0.0444. The number of nitrogens with one attached hydrogen (secondary N) is 1. The van der Waals surface area contributed by atoms with Crippen LogP contribution in [0.5, 0.6) is 0 Å². The number of carbonyl (C=O) groups excluding carboxylic acids is 1. The number of aromatic nitrogens is 1. The summed E-state index contributed by atoms with van der Waals surface area (Å²) >= 11 is 0. The maximum atomic E-state index is 12.5. The molecule has 2 rings (SSSR count). The van der Waals surface area contributed by atoms with E-state index in [-0.39, 0.29) is 29.0 Å². The Morgan fingerprint density at radius 2 is 2.32 bits per heavy atom. The standard InChI is InChI=1S/C14H20N2O3/c1-4-11-8-19-10(3)7-16(11)14(18)12-6-15-9(2)5-13(12)17/h5-6,10-11H,4,7-8H2,1-3H3,(H,15,17). The van der Waals surface area contributed by atoms with Crippen LogP contribution in [0, 0.1) is 6.92 Å². The van der Waals surface area contributed by atoms with Gasteiger partial charge in [0.05, 0.1) is 18.8 Å². The molecule has 0 bridgehead atoms. The van der Waals surface area contributed by atoms with Crippen LogP contribution in [0.4, 0.5) is 0 Å². The monoisotopic (exact) mass is 264 g/mol. The van der Waals surface area contributed by atoms with Gasteiger partial charge in [-0.2, -0.15) is 0 Å². The number of hydrogen-bond donors (Lipinski definition) is 1. The summed E-state index contributed by atoms with van der Waals surface area (Å²) < 4.78 is 5.57. The van der Waals surface area contributed by atoms with Crippen molar-refractivity contribution < 1.29 is 9.53 Å². The van der Waals surface area contributed by atoms with Gasteiger partial charge in [-0.1, -0.05) is 6.92 Å². The van der Waals surface area contributed by atoms with Crippen molar-refractivity contribution in [2.45, 2.75) is 39.3 Å². The van der Waals surface area contributed by atoms with E-state index in [0.717, 1.165) is 12.1 Å². The molecule has 104 valence electrons. The Morgan fingerprint density at radius 3 is 2.95 bits per heavy atom. The summed E-state index contributed by atoms with van der Waals surface area (Å²) in [7, 11) is 0. The Bertz CT molecular complexity index is 524. The molecule has 0 spiro atoms. The summed E-state index contributed by atoms with van der Waals surface area (Å²) in [5, 5.41) is 0. The Balaban J connectivity index is 2.28. The second-order valence-electron chi connectivity index (χ2n) is 5.06. The first kappa shape index (κ1) is 13.8. The van der Waals surface area contributed by atoms with Crippen molar-refractivity contribution in [1.82, 2.24) is 9.88 Å². The maximum Gasteiger partial charge on any atom is 0.259 e. The maximum absolute atomic E-state index is 12.5. The van der Waals surface area contributed by atoms with Crippen LogP contribution < -0.4 is 5.43 Å². The first-order valence-electron chi connectivity index (χ1n) is 6.64. The molecule has 2 atom stereocenters. The number of ether oxygens (including phenoxy) is 1. The molecule has 19 heavy (non-hydrogen) atoms.